The Morgan fingerprint density at radius 1 is 1.47 bits per heavy atom. The Kier molecular flexibility index (Phi) is 2.59. The zero-order valence-electron chi connectivity index (χ0n) is 7.44. The number of aromatic amines is 1. The van der Waals surface area contributed by atoms with Crippen molar-refractivity contribution in [2.45, 2.75) is 0 Å². The SMILES string of the molecule is O=C(Nc1ncn[nH]1)c1cccc(Cl)n1. The smallest absolute Gasteiger partial charge is 0.276 e. The zero-order chi connectivity index (χ0) is 10.7. The van der Waals surface area contributed by atoms with Gasteiger partial charge in [0, 0.05) is 0 Å². The Bertz CT molecular complexity index is 470. The molecule has 1 amide bonds. The number of amides is 1. The summed E-state index contributed by atoms with van der Waals surface area (Å²) in [6, 6.07) is 4.79. The van der Waals surface area contributed by atoms with E-state index in [0.717, 1.165) is 0 Å². The van der Waals surface area contributed by atoms with Crippen LogP contribution < -0.4 is 5.32 Å². The molecule has 0 atom stereocenters. The number of pyridine rings is 1. The van der Waals surface area contributed by atoms with Crippen LogP contribution >= 0.6 is 11.6 Å². The Hall–Kier alpha value is -1.95. The van der Waals surface area contributed by atoms with Crippen molar-refractivity contribution in [3.05, 3.63) is 35.4 Å². The van der Waals surface area contributed by atoms with E-state index in [2.05, 4.69) is 25.5 Å². The molecule has 2 aromatic heterocycles. The molecule has 0 unspecified atom stereocenters. The van der Waals surface area contributed by atoms with Gasteiger partial charge in [0.05, 0.1) is 0 Å². The van der Waals surface area contributed by atoms with E-state index in [1.807, 2.05) is 0 Å². The van der Waals surface area contributed by atoms with Crippen LogP contribution in [0.2, 0.25) is 5.15 Å². The van der Waals surface area contributed by atoms with Crippen molar-refractivity contribution in [2.75, 3.05) is 5.32 Å². The summed E-state index contributed by atoms with van der Waals surface area (Å²) < 4.78 is 0. The molecule has 0 spiro atoms. The van der Waals surface area contributed by atoms with Gasteiger partial charge in [0.25, 0.3) is 5.91 Å². The van der Waals surface area contributed by atoms with Crippen LogP contribution in [-0.2, 0) is 0 Å². The minimum Gasteiger partial charge on any atom is -0.289 e. The van der Waals surface area contributed by atoms with Gasteiger partial charge < -0.3 is 0 Å². The molecule has 2 aromatic rings. The number of hydrogen-bond donors (Lipinski definition) is 2. The Morgan fingerprint density at radius 3 is 3.00 bits per heavy atom. The third kappa shape index (κ3) is 2.29. The number of rotatable bonds is 2. The number of nitrogens with one attached hydrogen (secondary N) is 2. The molecular formula is C8H6ClN5O. The van der Waals surface area contributed by atoms with Crippen LogP contribution in [0.4, 0.5) is 5.95 Å². The highest BCUT2D eigenvalue weighted by molar-refractivity contribution is 6.29. The molecule has 76 valence electrons. The molecule has 6 nitrogen and oxygen atoms in total. The monoisotopic (exact) mass is 223 g/mol. The number of aromatic nitrogens is 4. The van der Waals surface area contributed by atoms with E-state index in [0.29, 0.717) is 0 Å². The number of carbonyl (C=O) groups excluding carboxylic acids is 1. The molecule has 0 saturated heterocycles. The maximum Gasteiger partial charge on any atom is 0.276 e. The van der Waals surface area contributed by atoms with Crippen molar-refractivity contribution in [2.24, 2.45) is 0 Å². The topological polar surface area (TPSA) is 83.6 Å². The van der Waals surface area contributed by atoms with Gasteiger partial charge in [-0.2, -0.15) is 10.1 Å². The van der Waals surface area contributed by atoms with Crippen LogP contribution in [0.25, 0.3) is 0 Å². The van der Waals surface area contributed by atoms with E-state index in [4.69, 9.17) is 11.6 Å². The summed E-state index contributed by atoms with van der Waals surface area (Å²) in [6.45, 7) is 0. The second-order valence-corrected chi connectivity index (χ2v) is 3.02. The standard InChI is InChI=1S/C8H6ClN5O/c9-6-3-1-2-5(12-6)7(15)13-8-10-4-11-14-8/h1-4H,(H2,10,11,13,14,15). The van der Waals surface area contributed by atoms with Gasteiger partial charge in [0.15, 0.2) is 0 Å². The van der Waals surface area contributed by atoms with Crippen molar-refractivity contribution in [1.82, 2.24) is 20.2 Å². The van der Waals surface area contributed by atoms with Crippen LogP contribution in [0.5, 0.6) is 0 Å². The maximum atomic E-state index is 11.5. The first-order chi connectivity index (χ1) is 7.25. The van der Waals surface area contributed by atoms with Crippen LogP contribution in [0.1, 0.15) is 10.5 Å². The van der Waals surface area contributed by atoms with Crippen LogP contribution in [0, 0.1) is 0 Å². The molecule has 2 heterocycles. The molecule has 15 heavy (non-hydrogen) atoms. The lowest BCUT2D eigenvalue weighted by Gasteiger charge is -2.00. The largest absolute Gasteiger partial charge is 0.289 e. The first kappa shape index (κ1) is 9.60. The minimum atomic E-state index is -0.394. The van der Waals surface area contributed by atoms with E-state index in [-0.39, 0.29) is 16.8 Å². The van der Waals surface area contributed by atoms with Gasteiger partial charge in [-0.25, -0.2) is 10.1 Å². The number of halogens is 1. The van der Waals surface area contributed by atoms with Crippen LogP contribution in [-0.4, -0.2) is 26.1 Å². The van der Waals surface area contributed by atoms with Gasteiger partial charge in [-0.3, -0.25) is 10.1 Å². The fourth-order valence-corrected chi connectivity index (χ4v) is 1.14. The molecular weight excluding hydrogens is 218 g/mol. The summed E-state index contributed by atoms with van der Waals surface area (Å²) in [7, 11) is 0. The highest BCUT2D eigenvalue weighted by atomic mass is 35.5. The Balaban J connectivity index is 2.15. The molecule has 2 N–H and O–H groups in total. The maximum absolute atomic E-state index is 11.5. The van der Waals surface area contributed by atoms with Gasteiger partial charge in [0.1, 0.15) is 17.2 Å². The van der Waals surface area contributed by atoms with Gasteiger partial charge in [-0.15, -0.1) is 0 Å². The van der Waals surface area contributed by atoms with Gasteiger partial charge in [0.2, 0.25) is 5.95 Å². The van der Waals surface area contributed by atoms with Crippen LogP contribution in [0.15, 0.2) is 24.5 Å². The Morgan fingerprint density at radius 2 is 2.33 bits per heavy atom. The highest BCUT2D eigenvalue weighted by Crippen LogP contribution is 2.06. The van der Waals surface area contributed by atoms with Gasteiger partial charge in [-0.05, 0) is 12.1 Å². The number of carbonyl (C=O) groups is 1. The Labute approximate surface area is 89.7 Å². The third-order valence-corrected chi connectivity index (χ3v) is 1.81. The summed E-state index contributed by atoms with van der Waals surface area (Å²) in [4.78, 5) is 19.1. The fourth-order valence-electron chi connectivity index (χ4n) is 0.972. The molecule has 0 saturated carbocycles. The van der Waals surface area contributed by atoms with Crippen molar-refractivity contribution < 1.29 is 4.79 Å². The quantitative estimate of drug-likeness (QED) is 0.747. The molecule has 0 fully saturated rings. The molecule has 2 rings (SSSR count). The average Bonchev–Trinajstić information content (AvgIpc) is 2.70. The first-order valence-electron chi connectivity index (χ1n) is 4.05. The summed E-state index contributed by atoms with van der Waals surface area (Å²) in [5.74, 6) is -0.129. The summed E-state index contributed by atoms with van der Waals surface area (Å²) in [5, 5.41) is 8.83. The lowest BCUT2D eigenvalue weighted by atomic mass is 10.3. The molecule has 0 aliphatic carbocycles. The molecule has 0 bridgehead atoms. The molecule has 7 heteroatoms. The van der Waals surface area contributed by atoms with Gasteiger partial charge in [-0.1, -0.05) is 17.7 Å². The molecule has 0 aliphatic rings. The van der Waals surface area contributed by atoms with E-state index in [9.17, 15) is 4.79 Å². The number of anilines is 1. The molecule has 0 aromatic carbocycles. The molecule has 0 aliphatic heterocycles. The van der Waals surface area contributed by atoms with Crippen LogP contribution in [0.3, 0.4) is 0 Å². The number of H-pyrrole nitrogens is 1. The average molecular weight is 224 g/mol. The normalized spacial score (nSPS) is 9.93. The van der Waals surface area contributed by atoms with E-state index in [1.165, 1.54) is 6.33 Å². The van der Waals surface area contributed by atoms with E-state index < -0.39 is 5.91 Å². The lowest BCUT2D eigenvalue weighted by Crippen LogP contribution is -2.14. The third-order valence-electron chi connectivity index (χ3n) is 1.59. The molecule has 0 radical (unpaired) electrons. The summed E-state index contributed by atoms with van der Waals surface area (Å²) >= 11 is 5.64. The predicted molar refractivity (Wildman–Crippen MR) is 53.6 cm³/mol. The summed E-state index contributed by atoms with van der Waals surface area (Å²) in [5.41, 5.74) is 0.221. The van der Waals surface area contributed by atoms with Crippen molar-refractivity contribution >= 4 is 23.5 Å². The second-order valence-electron chi connectivity index (χ2n) is 2.63. The lowest BCUT2D eigenvalue weighted by molar-refractivity contribution is 0.102. The van der Waals surface area contributed by atoms with E-state index in [1.54, 1.807) is 18.2 Å². The van der Waals surface area contributed by atoms with E-state index >= 15 is 0 Å². The summed E-state index contributed by atoms with van der Waals surface area (Å²) in [6.07, 6.45) is 1.29. The second kappa shape index (κ2) is 4.05. The van der Waals surface area contributed by atoms with Gasteiger partial charge >= 0.3 is 0 Å². The van der Waals surface area contributed by atoms with Crippen molar-refractivity contribution in [3.8, 4) is 0 Å². The fraction of sp³-hybridized carbons (Fsp3) is 0. The first-order valence-corrected chi connectivity index (χ1v) is 4.43. The number of hydrogen-bond acceptors (Lipinski definition) is 4. The minimum absolute atomic E-state index is 0.221. The zero-order valence-corrected chi connectivity index (χ0v) is 8.19. The highest BCUT2D eigenvalue weighted by Gasteiger charge is 2.08. The predicted octanol–water partition coefficient (Wildman–Crippen LogP) is 1.11. The van der Waals surface area contributed by atoms with Crippen molar-refractivity contribution in [1.29, 1.82) is 0 Å². The van der Waals surface area contributed by atoms with Crippen molar-refractivity contribution in [3.63, 3.8) is 0 Å². The number of nitrogens with zero attached hydrogens (tertiary/aromatic N) is 3.